The second kappa shape index (κ2) is 7.25. The standard InChI is InChI=1S/C13H17F3N2O3S.ClH/c1-13(17)4-6-18(7-5-13)22(19,20)9-2-3-11(10(14)8-9)21-12(15)16;/h2-3,8,12H,4-7,17H2,1H3;1H. The van der Waals surface area contributed by atoms with Gasteiger partial charge in [0.15, 0.2) is 11.6 Å². The summed E-state index contributed by atoms with van der Waals surface area (Å²) in [6.07, 6.45) is 0.975. The van der Waals surface area contributed by atoms with E-state index < -0.39 is 33.7 Å². The number of benzene rings is 1. The molecule has 5 nitrogen and oxygen atoms in total. The van der Waals surface area contributed by atoms with Crippen molar-refractivity contribution in [3.8, 4) is 5.75 Å². The summed E-state index contributed by atoms with van der Waals surface area (Å²) >= 11 is 0. The Hall–Kier alpha value is -1.03. The summed E-state index contributed by atoms with van der Waals surface area (Å²) in [5.41, 5.74) is 5.52. The Balaban J connectivity index is 0.00000264. The Labute approximate surface area is 139 Å². The van der Waals surface area contributed by atoms with Crippen molar-refractivity contribution in [2.75, 3.05) is 13.1 Å². The first-order valence-electron chi connectivity index (χ1n) is 6.65. The minimum atomic E-state index is -3.89. The average molecular weight is 375 g/mol. The molecule has 0 aromatic heterocycles. The SMILES string of the molecule is CC1(N)CCN(S(=O)(=O)c2ccc(OC(F)F)c(F)c2)CC1.Cl. The number of hydrogen-bond donors (Lipinski definition) is 1. The van der Waals surface area contributed by atoms with Gasteiger partial charge in [0, 0.05) is 18.6 Å². The van der Waals surface area contributed by atoms with Crippen LogP contribution in [0.4, 0.5) is 13.2 Å². The highest BCUT2D eigenvalue weighted by Gasteiger charge is 2.33. The monoisotopic (exact) mass is 374 g/mol. The van der Waals surface area contributed by atoms with Crippen molar-refractivity contribution in [1.29, 1.82) is 0 Å². The number of nitrogens with two attached hydrogens (primary N) is 1. The summed E-state index contributed by atoms with van der Waals surface area (Å²) in [7, 11) is -3.89. The zero-order valence-electron chi connectivity index (χ0n) is 12.3. The van der Waals surface area contributed by atoms with Crippen LogP contribution in [0.3, 0.4) is 0 Å². The second-order valence-electron chi connectivity index (χ2n) is 5.53. The smallest absolute Gasteiger partial charge is 0.387 e. The van der Waals surface area contributed by atoms with Crippen LogP contribution in [0.5, 0.6) is 5.75 Å². The molecular formula is C13H18ClF3N2O3S. The van der Waals surface area contributed by atoms with E-state index in [9.17, 15) is 21.6 Å². The summed E-state index contributed by atoms with van der Waals surface area (Å²) in [6, 6.07) is 2.61. The van der Waals surface area contributed by atoms with Crippen molar-refractivity contribution in [2.24, 2.45) is 5.73 Å². The number of hydrogen-bond acceptors (Lipinski definition) is 4. The van der Waals surface area contributed by atoms with E-state index in [1.54, 1.807) is 0 Å². The largest absolute Gasteiger partial charge is 0.432 e. The maximum Gasteiger partial charge on any atom is 0.387 e. The Morgan fingerprint density at radius 3 is 2.35 bits per heavy atom. The van der Waals surface area contributed by atoms with Gasteiger partial charge in [-0.25, -0.2) is 12.8 Å². The molecule has 0 spiro atoms. The third kappa shape index (κ3) is 4.72. The van der Waals surface area contributed by atoms with Crippen LogP contribution in [0.15, 0.2) is 23.1 Å². The summed E-state index contributed by atoms with van der Waals surface area (Å²) < 4.78 is 67.8. The van der Waals surface area contributed by atoms with Crippen LogP contribution in [0, 0.1) is 5.82 Å². The highest BCUT2D eigenvalue weighted by molar-refractivity contribution is 7.89. The molecule has 1 heterocycles. The van der Waals surface area contributed by atoms with Gasteiger partial charge in [-0.15, -0.1) is 12.4 Å². The number of rotatable bonds is 4. The first kappa shape index (κ1) is 20.0. The summed E-state index contributed by atoms with van der Waals surface area (Å²) in [5, 5.41) is 0. The Bertz CT molecular complexity index is 646. The predicted octanol–water partition coefficient (Wildman–Crippen LogP) is 2.35. The van der Waals surface area contributed by atoms with Crippen molar-refractivity contribution < 1.29 is 26.3 Å². The number of ether oxygens (including phenoxy) is 1. The molecule has 0 unspecified atom stereocenters. The van der Waals surface area contributed by atoms with Crippen LogP contribution in [0.25, 0.3) is 0 Å². The van der Waals surface area contributed by atoms with Gasteiger partial charge in [0.25, 0.3) is 0 Å². The Morgan fingerprint density at radius 1 is 1.30 bits per heavy atom. The molecule has 0 amide bonds. The first-order valence-corrected chi connectivity index (χ1v) is 8.09. The van der Waals surface area contributed by atoms with Gasteiger partial charge in [0.05, 0.1) is 4.90 Å². The molecule has 1 fully saturated rings. The van der Waals surface area contributed by atoms with E-state index in [4.69, 9.17) is 5.73 Å². The molecule has 2 rings (SSSR count). The molecule has 0 aliphatic carbocycles. The van der Waals surface area contributed by atoms with Gasteiger partial charge < -0.3 is 10.5 Å². The normalized spacial score (nSPS) is 18.5. The van der Waals surface area contributed by atoms with Gasteiger partial charge >= 0.3 is 6.61 Å². The lowest BCUT2D eigenvalue weighted by atomic mass is 9.92. The number of nitrogens with zero attached hydrogens (tertiary/aromatic N) is 1. The quantitative estimate of drug-likeness (QED) is 0.878. The fourth-order valence-electron chi connectivity index (χ4n) is 2.22. The van der Waals surface area contributed by atoms with Gasteiger partial charge in [-0.2, -0.15) is 13.1 Å². The topological polar surface area (TPSA) is 72.6 Å². The maximum absolute atomic E-state index is 13.7. The number of piperidine rings is 1. The lowest BCUT2D eigenvalue weighted by Gasteiger charge is -2.35. The van der Waals surface area contributed by atoms with Crippen molar-refractivity contribution in [1.82, 2.24) is 4.31 Å². The highest BCUT2D eigenvalue weighted by atomic mass is 35.5. The molecule has 1 aromatic rings. The van der Waals surface area contributed by atoms with Crippen molar-refractivity contribution >= 4 is 22.4 Å². The molecule has 1 saturated heterocycles. The summed E-state index contributed by atoms with van der Waals surface area (Å²) in [4.78, 5) is -0.299. The van der Waals surface area contributed by atoms with E-state index in [1.165, 1.54) is 4.31 Å². The van der Waals surface area contributed by atoms with Crippen LogP contribution in [-0.2, 0) is 10.0 Å². The number of sulfonamides is 1. The fraction of sp³-hybridized carbons (Fsp3) is 0.538. The molecule has 1 aliphatic rings. The molecule has 2 N–H and O–H groups in total. The van der Waals surface area contributed by atoms with Crippen molar-refractivity contribution in [2.45, 2.75) is 36.8 Å². The van der Waals surface area contributed by atoms with Gasteiger partial charge in [0.1, 0.15) is 0 Å². The van der Waals surface area contributed by atoms with Gasteiger partial charge in [-0.1, -0.05) is 0 Å². The zero-order valence-corrected chi connectivity index (χ0v) is 14.0. The molecule has 132 valence electrons. The molecule has 0 saturated carbocycles. The summed E-state index contributed by atoms with van der Waals surface area (Å²) in [6.45, 7) is -0.882. The zero-order chi connectivity index (χ0) is 16.5. The Morgan fingerprint density at radius 2 is 1.87 bits per heavy atom. The van der Waals surface area contributed by atoms with Crippen molar-refractivity contribution in [3.05, 3.63) is 24.0 Å². The van der Waals surface area contributed by atoms with E-state index >= 15 is 0 Å². The van der Waals surface area contributed by atoms with E-state index in [0.717, 1.165) is 12.1 Å². The van der Waals surface area contributed by atoms with Gasteiger partial charge in [-0.3, -0.25) is 0 Å². The molecule has 23 heavy (non-hydrogen) atoms. The Kier molecular flexibility index (Phi) is 6.31. The van der Waals surface area contributed by atoms with Crippen molar-refractivity contribution in [3.63, 3.8) is 0 Å². The maximum atomic E-state index is 13.7. The van der Waals surface area contributed by atoms with Crippen LogP contribution in [0.1, 0.15) is 19.8 Å². The first-order chi connectivity index (χ1) is 10.1. The lowest BCUT2D eigenvalue weighted by molar-refractivity contribution is -0.0522. The molecular weight excluding hydrogens is 357 g/mol. The molecule has 0 bridgehead atoms. The lowest BCUT2D eigenvalue weighted by Crippen LogP contribution is -2.49. The third-order valence-electron chi connectivity index (χ3n) is 3.62. The van der Waals surface area contributed by atoms with E-state index in [0.29, 0.717) is 18.9 Å². The molecule has 1 aliphatic heterocycles. The van der Waals surface area contributed by atoms with Crippen LogP contribution < -0.4 is 10.5 Å². The van der Waals surface area contributed by atoms with Crippen LogP contribution in [-0.4, -0.2) is 38.0 Å². The van der Waals surface area contributed by atoms with Gasteiger partial charge in [-0.05, 0) is 38.0 Å². The third-order valence-corrected chi connectivity index (χ3v) is 5.52. The fourth-order valence-corrected chi connectivity index (χ4v) is 3.67. The number of halogens is 4. The molecule has 0 atom stereocenters. The molecule has 10 heteroatoms. The average Bonchev–Trinajstić information content (AvgIpc) is 2.40. The summed E-state index contributed by atoms with van der Waals surface area (Å²) in [5.74, 6) is -1.84. The van der Waals surface area contributed by atoms with Crippen LogP contribution in [0.2, 0.25) is 0 Å². The molecule has 1 aromatic carbocycles. The van der Waals surface area contributed by atoms with E-state index in [-0.39, 0.29) is 30.4 Å². The minimum Gasteiger partial charge on any atom is -0.432 e. The van der Waals surface area contributed by atoms with Gasteiger partial charge in [0.2, 0.25) is 10.0 Å². The minimum absolute atomic E-state index is 0. The second-order valence-corrected chi connectivity index (χ2v) is 7.47. The predicted molar refractivity (Wildman–Crippen MR) is 80.9 cm³/mol. The highest BCUT2D eigenvalue weighted by Crippen LogP contribution is 2.28. The van der Waals surface area contributed by atoms with Crippen LogP contribution >= 0.6 is 12.4 Å². The van der Waals surface area contributed by atoms with E-state index in [2.05, 4.69) is 4.74 Å². The molecule has 0 radical (unpaired) electrons. The van der Waals surface area contributed by atoms with E-state index in [1.807, 2.05) is 6.92 Å². The number of alkyl halides is 2.